The maximum absolute atomic E-state index is 4.19. The zero-order valence-electron chi connectivity index (χ0n) is 13.5. The molecule has 19 heavy (non-hydrogen) atoms. The van der Waals surface area contributed by atoms with E-state index in [1.54, 1.807) is 0 Å². The highest BCUT2D eigenvalue weighted by atomic mass is 15.6. The van der Waals surface area contributed by atoms with Crippen LogP contribution < -0.4 is 5.32 Å². The van der Waals surface area contributed by atoms with E-state index >= 15 is 0 Å². The molecule has 0 spiro atoms. The average Bonchev–Trinajstić information content (AvgIpc) is 2.62. The second-order valence-electron chi connectivity index (χ2n) is 7.58. The van der Waals surface area contributed by atoms with E-state index in [-0.39, 0.29) is 11.0 Å². The number of nitrogens with one attached hydrogen (secondary N) is 1. The fourth-order valence-electron chi connectivity index (χ4n) is 2.63. The van der Waals surface area contributed by atoms with Crippen LogP contribution in [0.15, 0.2) is 0 Å². The summed E-state index contributed by atoms with van der Waals surface area (Å²) in [6.07, 6.45) is 1.03. The van der Waals surface area contributed by atoms with Crippen molar-refractivity contribution in [3.8, 4) is 0 Å². The predicted octanol–water partition coefficient (Wildman–Crippen LogP) is 2.59. The molecule has 0 aliphatic heterocycles. The van der Waals surface area contributed by atoms with Crippen LogP contribution in [0.25, 0.3) is 0 Å². The summed E-state index contributed by atoms with van der Waals surface area (Å²) >= 11 is 0. The Morgan fingerprint density at radius 2 is 1.79 bits per heavy atom. The van der Waals surface area contributed by atoms with Crippen LogP contribution >= 0.6 is 0 Å². The van der Waals surface area contributed by atoms with E-state index in [1.165, 1.54) is 0 Å². The summed E-state index contributed by atoms with van der Waals surface area (Å²) in [5, 5.41) is 15.6. The Labute approximate surface area is 117 Å². The van der Waals surface area contributed by atoms with Gasteiger partial charge in [-0.2, -0.15) is 0 Å². The second-order valence-corrected chi connectivity index (χ2v) is 7.58. The molecule has 5 heteroatoms. The molecule has 0 saturated heterocycles. The monoisotopic (exact) mass is 267 g/mol. The molecule has 0 atom stereocenters. The molecule has 0 aromatic carbocycles. The molecule has 0 unspecified atom stereocenters. The normalized spacial score (nSPS) is 13.3. The van der Waals surface area contributed by atoms with Crippen LogP contribution in [0.5, 0.6) is 0 Å². The van der Waals surface area contributed by atoms with Gasteiger partial charge in [0.05, 0.1) is 12.1 Å². The van der Waals surface area contributed by atoms with Gasteiger partial charge in [-0.3, -0.25) is 0 Å². The van der Waals surface area contributed by atoms with E-state index in [9.17, 15) is 0 Å². The van der Waals surface area contributed by atoms with Gasteiger partial charge < -0.3 is 5.32 Å². The Bertz CT molecular complexity index is 387. The quantitative estimate of drug-likeness (QED) is 0.860. The Morgan fingerprint density at radius 1 is 1.16 bits per heavy atom. The molecule has 1 N–H and O–H groups in total. The van der Waals surface area contributed by atoms with Crippen LogP contribution in [-0.2, 0) is 12.1 Å². The van der Waals surface area contributed by atoms with Crippen molar-refractivity contribution in [3.63, 3.8) is 0 Å². The van der Waals surface area contributed by atoms with Crippen molar-refractivity contribution in [3.05, 3.63) is 5.82 Å². The minimum absolute atomic E-state index is 0.0728. The van der Waals surface area contributed by atoms with Crippen LogP contribution in [0.2, 0.25) is 0 Å². The first kappa shape index (κ1) is 16.1. The first-order valence-corrected chi connectivity index (χ1v) is 7.10. The molecule has 110 valence electrons. The van der Waals surface area contributed by atoms with Gasteiger partial charge in [0, 0.05) is 0 Å². The first-order chi connectivity index (χ1) is 8.62. The molecule has 0 radical (unpaired) electrons. The molecule has 0 fully saturated rings. The second kappa shape index (κ2) is 5.99. The number of nitrogens with zero attached hydrogens (tertiary/aromatic N) is 4. The summed E-state index contributed by atoms with van der Waals surface area (Å²) in [5.41, 5.74) is 0.175. The minimum atomic E-state index is -0.0728. The number of rotatable bonds is 6. The number of hydrogen-bond acceptors (Lipinski definition) is 4. The molecule has 0 aliphatic rings. The van der Waals surface area contributed by atoms with Crippen LogP contribution in [0.3, 0.4) is 0 Å². The van der Waals surface area contributed by atoms with E-state index in [4.69, 9.17) is 0 Å². The molecule has 0 bridgehead atoms. The molecule has 1 heterocycles. The van der Waals surface area contributed by atoms with Crippen molar-refractivity contribution >= 4 is 0 Å². The molecule has 1 aromatic rings. The van der Waals surface area contributed by atoms with Gasteiger partial charge in [0.25, 0.3) is 0 Å². The van der Waals surface area contributed by atoms with Gasteiger partial charge in [-0.25, -0.2) is 4.68 Å². The zero-order valence-corrected chi connectivity index (χ0v) is 13.5. The van der Waals surface area contributed by atoms with Gasteiger partial charge in [-0.05, 0) is 48.6 Å². The van der Waals surface area contributed by atoms with Gasteiger partial charge in [0.1, 0.15) is 0 Å². The van der Waals surface area contributed by atoms with Crippen LogP contribution in [-0.4, -0.2) is 26.8 Å². The van der Waals surface area contributed by atoms with Gasteiger partial charge in [0.2, 0.25) is 0 Å². The largest absolute Gasteiger partial charge is 0.310 e. The Morgan fingerprint density at radius 3 is 2.32 bits per heavy atom. The van der Waals surface area contributed by atoms with Gasteiger partial charge in [0.15, 0.2) is 5.82 Å². The van der Waals surface area contributed by atoms with Crippen molar-refractivity contribution in [2.75, 3.05) is 6.54 Å². The molecule has 0 aliphatic carbocycles. The van der Waals surface area contributed by atoms with E-state index in [2.05, 4.69) is 69.3 Å². The summed E-state index contributed by atoms with van der Waals surface area (Å²) in [7, 11) is 0. The third-order valence-electron chi connectivity index (χ3n) is 2.91. The number of tetrazole rings is 1. The Balaban J connectivity index is 2.75. The smallest absolute Gasteiger partial charge is 0.165 e. The lowest BCUT2D eigenvalue weighted by molar-refractivity contribution is 0.189. The van der Waals surface area contributed by atoms with E-state index in [0.29, 0.717) is 5.92 Å². The third-order valence-corrected chi connectivity index (χ3v) is 2.91. The van der Waals surface area contributed by atoms with Crippen molar-refractivity contribution in [2.45, 2.75) is 67.0 Å². The molecule has 1 aromatic heterocycles. The summed E-state index contributed by atoms with van der Waals surface area (Å²) in [6.45, 7) is 17.2. The minimum Gasteiger partial charge on any atom is -0.310 e. The molecule has 0 saturated carbocycles. The van der Waals surface area contributed by atoms with Crippen molar-refractivity contribution < 1.29 is 0 Å². The lowest BCUT2D eigenvalue weighted by Gasteiger charge is -2.32. The zero-order chi connectivity index (χ0) is 14.7. The summed E-state index contributed by atoms with van der Waals surface area (Å²) < 4.78 is 1.96. The highest BCUT2D eigenvalue weighted by molar-refractivity contribution is 4.90. The van der Waals surface area contributed by atoms with Crippen LogP contribution in [0, 0.1) is 11.3 Å². The molecule has 5 nitrogen and oxygen atoms in total. The molecule has 0 amide bonds. The molecular weight excluding hydrogens is 238 g/mol. The maximum Gasteiger partial charge on any atom is 0.165 e. The summed E-state index contributed by atoms with van der Waals surface area (Å²) in [4.78, 5) is 0. The van der Waals surface area contributed by atoms with Crippen molar-refractivity contribution in [1.29, 1.82) is 0 Å². The van der Waals surface area contributed by atoms with E-state index in [0.717, 1.165) is 25.3 Å². The third kappa shape index (κ3) is 5.27. The highest BCUT2D eigenvalue weighted by Crippen LogP contribution is 2.31. The molecular formula is C14H29N5. The summed E-state index contributed by atoms with van der Waals surface area (Å²) in [6, 6.07) is 0. The fourth-order valence-corrected chi connectivity index (χ4v) is 2.63. The lowest BCUT2D eigenvalue weighted by atomic mass is 9.82. The highest BCUT2D eigenvalue weighted by Gasteiger charge is 2.30. The van der Waals surface area contributed by atoms with E-state index in [1.807, 2.05) is 4.68 Å². The number of aromatic nitrogens is 4. The maximum atomic E-state index is 4.19. The standard InChI is InChI=1S/C14H29N5/c1-11(2)8-15-9-12-16-17-18-19(12)14(6,7)10-13(3,4)5/h11,15H,8-10H2,1-7H3. The first-order valence-electron chi connectivity index (χ1n) is 7.10. The fraction of sp³-hybridized carbons (Fsp3) is 0.929. The average molecular weight is 267 g/mol. The SMILES string of the molecule is CC(C)CNCc1nnnn1C(C)(C)CC(C)(C)C. The molecule has 1 rings (SSSR count). The van der Waals surface area contributed by atoms with Crippen molar-refractivity contribution in [2.24, 2.45) is 11.3 Å². The van der Waals surface area contributed by atoms with Crippen LogP contribution in [0.1, 0.15) is 60.7 Å². The van der Waals surface area contributed by atoms with Gasteiger partial charge in [-0.1, -0.05) is 34.6 Å². The topological polar surface area (TPSA) is 55.6 Å². The Kier molecular flexibility index (Phi) is 5.07. The van der Waals surface area contributed by atoms with Crippen LogP contribution in [0.4, 0.5) is 0 Å². The lowest BCUT2D eigenvalue weighted by Crippen LogP contribution is -2.35. The Hall–Kier alpha value is -0.970. The number of hydrogen-bond donors (Lipinski definition) is 1. The van der Waals surface area contributed by atoms with E-state index < -0.39 is 0 Å². The summed E-state index contributed by atoms with van der Waals surface area (Å²) in [5.74, 6) is 1.54. The van der Waals surface area contributed by atoms with Gasteiger partial charge in [-0.15, -0.1) is 5.10 Å². The van der Waals surface area contributed by atoms with Crippen molar-refractivity contribution in [1.82, 2.24) is 25.5 Å². The van der Waals surface area contributed by atoms with Gasteiger partial charge >= 0.3 is 0 Å². The predicted molar refractivity (Wildman–Crippen MR) is 77.8 cm³/mol.